The van der Waals surface area contributed by atoms with E-state index < -0.39 is 0 Å². The lowest BCUT2D eigenvalue weighted by Crippen LogP contribution is -2.65. The highest BCUT2D eigenvalue weighted by atomic mass is 16.3. The molecule has 0 aromatic heterocycles. The SMILES string of the molecule is CC(O)CNC1CC(C)(C)N(CC(C)O)C(C)(C)C1. The van der Waals surface area contributed by atoms with Crippen LogP contribution in [-0.4, -0.2) is 57.5 Å². The second kappa shape index (κ2) is 6.08. The Morgan fingerprint density at radius 3 is 1.89 bits per heavy atom. The third-order valence-corrected chi connectivity index (χ3v) is 4.10. The van der Waals surface area contributed by atoms with Crippen LogP contribution in [0.5, 0.6) is 0 Å². The van der Waals surface area contributed by atoms with Gasteiger partial charge in [0, 0.05) is 30.2 Å². The molecule has 0 spiro atoms. The molecule has 114 valence electrons. The monoisotopic (exact) mass is 272 g/mol. The van der Waals surface area contributed by atoms with E-state index in [4.69, 9.17) is 0 Å². The van der Waals surface area contributed by atoms with Gasteiger partial charge in [0.15, 0.2) is 0 Å². The normalized spacial score (nSPS) is 27.2. The molecule has 0 aromatic carbocycles. The van der Waals surface area contributed by atoms with Crippen LogP contribution in [-0.2, 0) is 0 Å². The predicted octanol–water partition coefficient (Wildman–Crippen LogP) is 1.36. The number of likely N-dealkylation sites (tertiary alicyclic amines) is 1. The van der Waals surface area contributed by atoms with Crippen LogP contribution < -0.4 is 5.32 Å². The summed E-state index contributed by atoms with van der Waals surface area (Å²) in [6.07, 6.45) is 1.47. The lowest BCUT2D eigenvalue weighted by atomic mass is 9.76. The Morgan fingerprint density at radius 2 is 1.53 bits per heavy atom. The Kier molecular flexibility index (Phi) is 5.41. The molecule has 19 heavy (non-hydrogen) atoms. The summed E-state index contributed by atoms with van der Waals surface area (Å²) in [6.45, 7) is 14.0. The van der Waals surface area contributed by atoms with Crippen molar-refractivity contribution in [1.29, 1.82) is 0 Å². The number of aliphatic hydroxyl groups excluding tert-OH is 2. The number of nitrogens with one attached hydrogen (secondary N) is 1. The van der Waals surface area contributed by atoms with E-state index in [2.05, 4.69) is 37.9 Å². The third-order valence-electron chi connectivity index (χ3n) is 4.10. The van der Waals surface area contributed by atoms with Gasteiger partial charge in [-0.1, -0.05) is 0 Å². The highest BCUT2D eigenvalue weighted by Crippen LogP contribution is 2.38. The molecule has 0 aliphatic carbocycles. The molecule has 2 atom stereocenters. The highest BCUT2D eigenvalue weighted by molar-refractivity contribution is 5.02. The number of aliphatic hydroxyl groups is 2. The summed E-state index contributed by atoms with van der Waals surface area (Å²) in [6, 6.07) is 0.421. The van der Waals surface area contributed by atoms with Crippen molar-refractivity contribution in [2.75, 3.05) is 13.1 Å². The first-order chi connectivity index (χ1) is 8.54. The Hall–Kier alpha value is -0.160. The van der Waals surface area contributed by atoms with Crippen molar-refractivity contribution in [2.24, 2.45) is 0 Å². The minimum atomic E-state index is -0.305. The summed E-state index contributed by atoms with van der Waals surface area (Å²) < 4.78 is 0. The van der Waals surface area contributed by atoms with Crippen molar-refractivity contribution >= 4 is 0 Å². The van der Waals surface area contributed by atoms with Gasteiger partial charge in [-0.3, -0.25) is 4.90 Å². The van der Waals surface area contributed by atoms with Crippen molar-refractivity contribution in [2.45, 2.75) is 83.7 Å². The smallest absolute Gasteiger partial charge is 0.0639 e. The highest BCUT2D eigenvalue weighted by Gasteiger charge is 2.45. The minimum absolute atomic E-state index is 0.0507. The summed E-state index contributed by atoms with van der Waals surface area (Å²) in [7, 11) is 0. The first-order valence-corrected chi connectivity index (χ1v) is 7.42. The summed E-state index contributed by atoms with van der Waals surface area (Å²) in [5.74, 6) is 0. The number of rotatable bonds is 5. The molecular weight excluding hydrogens is 240 g/mol. The predicted molar refractivity (Wildman–Crippen MR) is 79.3 cm³/mol. The van der Waals surface area contributed by atoms with Crippen molar-refractivity contribution in [1.82, 2.24) is 10.2 Å². The molecule has 3 N–H and O–H groups in total. The van der Waals surface area contributed by atoms with Gasteiger partial charge in [-0.05, 0) is 54.4 Å². The first kappa shape index (κ1) is 16.9. The molecule has 0 aromatic rings. The molecule has 1 rings (SSSR count). The van der Waals surface area contributed by atoms with Crippen LogP contribution in [0.4, 0.5) is 0 Å². The number of hydrogen-bond donors (Lipinski definition) is 3. The molecule has 4 heteroatoms. The quantitative estimate of drug-likeness (QED) is 0.707. The van der Waals surface area contributed by atoms with Gasteiger partial charge in [-0.25, -0.2) is 0 Å². The number of nitrogens with zero attached hydrogens (tertiary/aromatic N) is 1. The van der Waals surface area contributed by atoms with Crippen LogP contribution in [0.1, 0.15) is 54.4 Å². The summed E-state index contributed by atoms with van der Waals surface area (Å²) in [4.78, 5) is 2.42. The van der Waals surface area contributed by atoms with Gasteiger partial charge in [0.1, 0.15) is 0 Å². The van der Waals surface area contributed by atoms with Gasteiger partial charge in [-0.15, -0.1) is 0 Å². The number of β-amino-alcohol motifs (C(OH)–C–C–N with tert-alkyl or cyclic N) is 1. The summed E-state index contributed by atoms with van der Waals surface area (Å²) >= 11 is 0. The zero-order valence-corrected chi connectivity index (χ0v) is 13.4. The third kappa shape index (κ3) is 4.71. The van der Waals surface area contributed by atoms with Gasteiger partial charge in [0.05, 0.1) is 12.2 Å². The molecule has 0 saturated carbocycles. The van der Waals surface area contributed by atoms with Crippen LogP contribution in [0, 0.1) is 0 Å². The zero-order chi connectivity index (χ0) is 14.8. The molecule has 1 aliphatic rings. The van der Waals surface area contributed by atoms with Crippen LogP contribution in [0.15, 0.2) is 0 Å². The van der Waals surface area contributed by atoms with Crippen LogP contribution >= 0.6 is 0 Å². The fourth-order valence-electron chi connectivity index (χ4n) is 3.56. The first-order valence-electron chi connectivity index (χ1n) is 7.42. The molecule has 0 amide bonds. The molecule has 4 nitrogen and oxygen atoms in total. The van der Waals surface area contributed by atoms with Gasteiger partial charge in [0.2, 0.25) is 0 Å². The number of hydrogen-bond acceptors (Lipinski definition) is 4. The van der Waals surface area contributed by atoms with E-state index in [1.165, 1.54) is 0 Å². The molecular formula is C15H32N2O2. The van der Waals surface area contributed by atoms with Crippen LogP contribution in [0.2, 0.25) is 0 Å². The van der Waals surface area contributed by atoms with E-state index in [1.54, 1.807) is 0 Å². The van der Waals surface area contributed by atoms with Crippen molar-refractivity contribution in [3.8, 4) is 0 Å². The molecule has 1 saturated heterocycles. The van der Waals surface area contributed by atoms with E-state index in [1.807, 2.05) is 13.8 Å². The Morgan fingerprint density at radius 1 is 1.05 bits per heavy atom. The van der Waals surface area contributed by atoms with Crippen LogP contribution in [0.3, 0.4) is 0 Å². The minimum Gasteiger partial charge on any atom is -0.392 e. The average molecular weight is 272 g/mol. The molecule has 1 aliphatic heterocycles. The maximum atomic E-state index is 9.72. The second-order valence-electron chi connectivity index (χ2n) is 7.45. The molecule has 1 heterocycles. The van der Waals surface area contributed by atoms with E-state index >= 15 is 0 Å². The summed E-state index contributed by atoms with van der Waals surface area (Å²) in [5, 5.41) is 22.6. The largest absolute Gasteiger partial charge is 0.392 e. The maximum absolute atomic E-state index is 9.72. The Balaban J connectivity index is 2.75. The van der Waals surface area contributed by atoms with Gasteiger partial charge >= 0.3 is 0 Å². The van der Waals surface area contributed by atoms with Crippen molar-refractivity contribution in [3.63, 3.8) is 0 Å². The van der Waals surface area contributed by atoms with E-state index in [-0.39, 0.29) is 23.3 Å². The lowest BCUT2D eigenvalue weighted by molar-refractivity contribution is -0.0628. The Labute approximate surface area is 118 Å². The Bertz CT molecular complexity index is 270. The molecule has 0 radical (unpaired) electrons. The fourth-order valence-corrected chi connectivity index (χ4v) is 3.56. The topological polar surface area (TPSA) is 55.7 Å². The van der Waals surface area contributed by atoms with Gasteiger partial charge < -0.3 is 15.5 Å². The second-order valence-corrected chi connectivity index (χ2v) is 7.45. The average Bonchev–Trinajstić information content (AvgIpc) is 2.19. The van der Waals surface area contributed by atoms with Crippen molar-refractivity contribution < 1.29 is 10.2 Å². The lowest BCUT2D eigenvalue weighted by Gasteiger charge is -2.56. The zero-order valence-electron chi connectivity index (χ0n) is 13.4. The van der Waals surface area contributed by atoms with Crippen molar-refractivity contribution in [3.05, 3.63) is 0 Å². The molecule has 2 unspecified atom stereocenters. The molecule has 1 fully saturated rings. The number of piperidine rings is 1. The van der Waals surface area contributed by atoms with E-state index in [9.17, 15) is 10.2 Å². The van der Waals surface area contributed by atoms with Gasteiger partial charge in [-0.2, -0.15) is 0 Å². The molecule has 0 bridgehead atoms. The maximum Gasteiger partial charge on any atom is 0.0639 e. The summed E-state index contributed by atoms with van der Waals surface area (Å²) in [5.41, 5.74) is 0.101. The van der Waals surface area contributed by atoms with E-state index in [0.717, 1.165) is 12.8 Å². The van der Waals surface area contributed by atoms with Crippen LogP contribution in [0.25, 0.3) is 0 Å². The van der Waals surface area contributed by atoms with Gasteiger partial charge in [0.25, 0.3) is 0 Å². The fraction of sp³-hybridized carbons (Fsp3) is 1.00. The van der Waals surface area contributed by atoms with E-state index in [0.29, 0.717) is 19.1 Å². The standard InChI is InChI=1S/C15H32N2O2/c1-11(18)9-16-13-7-14(3,4)17(10-12(2)19)15(5,6)8-13/h11-13,16,18-19H,7-10H2,1-6H3.